The van der Waals surface area contributed by atoms with Crippen LogP contribution in [0.15, 0.2) is 0 Å². The highest BCUT2D eigenvalue weighted by Crippen LogP contribution is 2.45. The first kappa shape index (κ1) is 13.4. The summed E-state index contributed by atoms with van der Waals surface area (Å²) in [6.07, 6.45) is 8.76. The maximum absolute atomic E-state index is 2.72. The molecule has 2 fully saturated rings. The van der Waals surface area contributed by atoms with Crippen molar-refractivity contribution < 1.29 is 0 Å². The molecule has 0 bridgehead atoms. The molecular formula is C15H30N2. The molecule has 17 heavy (non-hydrogen) atoms. The quantitative estimate of drug-likeness (QED) is 0.743. The number of hydrogen-bond acceptors (Lipinski definition) is 2. The average molecular weight is 238 g/mol. The van der Waals surface area contributed by atoms with Crippen molar-refractivity contribution in [1.82, 2.24) is 9.80 Å². The summed E-state index contributed by atoms with van der Waals surface area (Å²) in [4.78, 5) is 5.02. The van der Waals surface area contributed by atoms with Gasteiger partial charge in [-0.1, -0.05) is 19.8 Å². The van der Waals surface area contributed by atoms with Gasteiger partial charge in [0.1, 0.15) is 0 Å². The summed E-state index contributed by atoms with van der Waals surface area (Å²) in [5, 5.41) is 0. The zero-order chi connectivity index (χ0) is 12.3. The number of likely N-dealkylation sites (tertiary alicyclic amines) is 1. The fraction of sp³-hybridized carbons (Fsp3) is 1.00. The SMILES string of the molecule is CC1CCC2(CC1)CCN(CCCN(C)C)C2. The lowest BCUT2D eigenvalue weighted by Crippen LogP contribution is -2.32. The van der Waals surface area contributed by atoms with Crippen molar-refractivity contribution in [3.8, 4) is 0 Å². The first-order valence-corrected chi connectivity index (χ1v) is 7.47. The molecule has 0 aromatic rings. The Bertz CT molecular complexity index is 229. The van der Waals surface area contributed by atoms with E-state index in [1.165, 1.54) is 64.7 Å². The molecule has 1 spiro atoms. The van der Waals surface area contributed by atoms with Crippen LogP contribution in [0.3, 0.4) is 0 Å². The van der Waals surface area contributed by atoms with Gasteiger partial charge in [0.2, 0.25) is 0 Å². The lowest BCUT2D eigenvalue weighted by Gasteiger charge is -2.36. The molecule has 2 aliphatic rings. The zero-order valence-corrected chi connectivity index (χ0v) is 12.0. The third-order valence-corrected chi connectivity index (χ3v) is 4.93. The Hall–Kier alpha value is -0.0800. The summed E-state index contributed by atoms with van der Waals surface area (Å²) in [5.74, 6) is 0.989. The van der Waals surface area contributed by atoms with E-state index in [0.717, 1.165) is 11.3 Å². The van der Waals surface area contributed by atoms with Crippen LogP contribution in [0.25, 0.3) is 0 Å². The van der Waals surface area contributed by atoms with E-state index in [1.54, 1.807) is 0 Å². The molecule has 1 aliphatic heterocycles. The van der Waals surface area contributed by atoms with Crippen molar-refractivity contribution in [2.45, 2.75) is 45.4 Å². The second-order valence-corrected chi connectivity index (χ2v) is 6.87. The minimum absolute atomic E-state index is 0.727. The number of hydrogen-bond donors (Lipinski definition) is 0. The van der Waals surface area contributed by atoms with Gasteiger partial charge in [-0.25, -0.2) is 0 Å². The molecule has 0 amide bonds. The summed E-state index contributed by atoms with van der Waals surface area (Å²) in [5.41, 5.74) is 0.727. The molecule has 0 aromatic heterocycles. The Balaban J connectivity index is 1.71. The van der Waals surface area contributed by atoms with Crippen LogP contribution in [0.5, 0.6) is 0 Å². The van der Waals surface area contributed by atoms with Crippen molar-refractivity contribution in [2.75, 3.05) is 40.3 Å². The summed E-state index contributed by atoms with van der Waals surface area (Å²) < 4.78 is 0. The molecule has 0 atom stereocenters. The molecule has 0 N–H and O–H groups in total. The van der Waals surface area contributed by atoms with Gasteiger partial charge in [-0.15, -0.1) is 0 Å². The second kappa shape index (κ2) is 5.71. The topological polar surface area (TPSA) is 6.48 Å². The molecule has 0 radical (unpaired) electrons. The fourth-order valence-electron chi connectivity index (χ4n) is 3.61. The molecular weight excluding hydrogens is 208 g/mol. The predicted octanol–water partition coefficient (Wildman–Crippen LogP) is 2.84. The van der Waals surface area contributed by atoms with Gasteiger partial charge < -0.3 is 9.80 Å². The Morgan fingerprint density at radius 1 is 1.18 bits per heavy atom. The zero-order valence-electron chi connectivity index (χ0n) is 12.0. The molecule has 1 aliphatic carbocycles. The Morgan fingerprint density at radius 3 is 2.53 bits per heavy atom. The monoisotopic (exact) mass is 238 g/mol. The van der Waals surface area contributed by atoms with Crippen LogP contribution >= 0.6 is 0 Å². The van der Waals surface area contributed by atoms with Crippen molar-refractivity contribution in [3.05, 3.63) is 0 Å². The first-order valence-electron chi connectivity index (χ1n) is 7.47. The first-order chi connectivity index (χ1) is 8.10. The minimum Gasteiger partial charge on any atom is -0.309 e. The van der Waals surface area contributed by atoms with Crippen molar-refractivity contribution in [3.63, 3.8) is 0 Å². The normalized spacial score (nSPS) is 34.9. The van der Waals surface area contributed by atoms with Crippen molar-refractivity contribution in [1.29, 1.82) is 0 Å². The third kappa shape index (κ3) is 3.69. The highest BCUT2D eigenvalue weighted by atomic mass is 15.2. The van der Waals surface area contributed by atoms with Gasteiger partial charge >= 0.3 is 0 Å². The Labute approximate surface area is 107 Å². The lowest BCUT2D eigenvalue weighted by molar-refractivity contribution is 0.155. The van der Waals surface area contributed by atoms with Crippen LogP contribution in [0, 0.1) is 11.3 Å². The van der Waals surface area contributed by atoms with E-state index in [4.69, 9.17) is 0 Å². The second-order valence-electron chi connectivity index (χ2n) is 6.87. The van der Waals surface area contributed by atoms with Gasteiger partial charge in [-0.2, -0.15) is 0 Å². The highest BCUT2D eigenvalue weighted by molar-refractivity contribution is 4.92. The van der Waals surface area contributed by atoms with E-state index in [-0.39, 0.29) is 0 Å². The van der Waals surface area contributed by atoms with E-state index < -0.39 is 0 Å². The predicted molar refractivity (Wildman–Crippen MR) is 74.3 cm³/mol. The molecule has 2 rings (SSSR count). The standard InChI is InChI=1S/C15H30N2/c1-14-5-7-15(8-6-14)9-12-17(13-15)11-4-10-16(2)3/h14H,4-13H2,1-3H3. The fourth-order valence-corrected chi connectivity index (χ4v) is 3.61. The molecule has 2 nitrogen and oxygen atoms in total. The van der Waals surface area contributed by atoms with E-state index in [9.17, 15) is 0 Å². The van der Waals surface area contributed by atoms with Crippen LogP contribution in [0.2, 0.25) is 0 Å². The summed E-state index contributed by atoms with van der Waals surface area (Å²) >= 11 is 0. The van der Waals surface area contributed by atoms with Crippen LogP contribution in [0.1, 0.15) is 45.4 Å². The Morgan fingerprint density at radius 2 is 1.88 bits per heavy atom. The molecule has 2 heteroatoms. The van der Waals surface area contributed by atoms with E-state index in [0.29, 0.717) is 0 Å². The average Bonchev–Trinajstić information content (AvgIpc) is 2.67. The van der Waals surface area contributed by atoms with Gasteiger partial charge in [0.25, 0.3) is 0 Å². The molecule has 1 heterocycles. The maximum Gasteiger partial charge on any atom is 0.00385 e. The van der Waals surface area contributed by atoms with Crippen LogP contribution in [-0.2, 0) is 0 Å². The smallest absolute Gasteiger partial charge is 0.00385 e. The third-order valence-electron chi connectivity index (χ3n) is 4.93. The molecule has 100 valence electrons. The molecule has 1 saturated carbocycles. The van der Waals surface area contributed by atoms with E-state index in [1.807, 2.05) is 0 Å². The molecule has 0 aromatic carbocycles. The summed E-state index contributed by atoms with van der Waals surface area (Å²) in [6.45, 7) is 7.74. The van der Waals surface area contributed by atoms with Crippen LogP contribution in [-0.4, -0.2) is 50.1 Å². The highest BCUT2D eigenvalue weighted by Gasteiger charge is 2.39. The van der Waals surface area contributed by atoms with Gasteiger partial charge in [-0.05, 0) is 70.7 Å². The number of rotatable bonds is 4. The molecule has 1 saturated heterocycles. The van der Waals surface area contributed by atoms with Crippen LogP contribution in [0.4, 0.5) is 0 Å². The van der Waals surface area contributed by atoms with Gasteiger partial charge in [0.05, 0.1) is 0 Å². The largest absolute Gasteiger partial charge is 0.309 e. The summed E-state index contributed by atoms with van der Waals surface area (Å²) in [6, 6.07) is 0. The lowest BCUT2D eigenvalue weighted by atomic mass is 9.70. The van der Waals surface area contributed by atoms with E-state index in [2.05, 4.69) is 30.8 Å². The Kier molecular flexibility index (Phi) is 4.48. The summed E-state index contributed by atoms with van der Waals surface area (Å²) in [7, 11) is 4.35. The van der Waals surface area contributed by atoms with Gasteiger partial charge in [0, 0.05) is 6.54 Å². The van der Waals surface area contributed by atoms with Crippen molar-refractivity contribution in [2.24, 2.45) is 11.3 Å². The minimum atomic E-state index is 0.727. The molecule has 0 unspecified atom stereocenters. The van der Waals surface area contributed by atoms with Gasteiger partial charge in [-0.3, -0.25) is 0 Å². The maximum atomic E-state index is 2.72. The number of nitrogens with zero attached hydrogens (tertiary/aromatic N) is 2. The van der Waals surface area contributed by atoms with Crippen molar-refractivity contribution >= 4 is 0 Å². The van der Waals surface area contributed by atoms with Crippen LogP contribution < -0.4 is 0 Å². The van der Waals surface area contributed by atoms with Gasteiger partial charge in [0.15, 0.2) is 0 Å². The van der Waals surface area contributed by atoms with E-state index >= 15 is 0 Å².